The van der Waals surface area contributed by atoms with Crippen LogP contribution >= 0.6 is 34.8 Å². The van der Waals surface area contributed by atoms with Crippen molar-refractivity contribution in [2.24, 2.45) is 0 Å². The number of aryl methyl sites for hydroxylation is 2. The van der Waals surface area contributed by atoms with Crippen LogP contribution in [0.5, 0.6) is 5.75 Å². The Bertz CT molecular complexity index is 1350. The molecule has 0 heterocycles. The Morgan fingerprint density at radius 2 is 1.60 bits per heavy atom. The molecule has 186 valence electrons. The number of carbonyl (C=O) groups is 1. The Hall–Kier alpha value is -2.45. The number of halogens is 3. The third-order valence-electron chi connectivity index (χ3n) is 5.11. The number of benzene rings is 3. The summed E-state index contributed by atoms with van der Waals surface area (Å²) >= 11 is 18.2. The zero-order valence-electron chi connectivity index (χ0n) is 19.6. The molecule has 3 aromatic carbocycles. The van der Waals surface area contributed by atoms with E-state index in [-0.39, 0.29) is 28.5 Å². The molecule has 6 nitrogen and oxygen atoms in total. The highest BCUT2D eigenvalue weighted by Crippen LogP contribution is 2.28. The van der Waals surface area contributed by atoms with Crippen LogP contribution in [0, 0.1) is 13.8 Å². The van der Waals surface area contributed by atoms with Crippen molar-refractivity contribution in [3.63, 3.8) is 0 Å². The lowest BCUT2D eigenvalue weighted by Gasteiger charge is -2.16. The smallest absolute Gasteiger partial charge is 0.263 e. The van der Waals surface area contributed by atoms with Crippen molar-refractivity contribution in [2.45, 2.75) is 45.2 Å². The predicted octanol–water partition coefficient (Wildman–Crippen LogP) is 6.78. The van der Waals surface area contributed by atoms with Crippen LogP contribution in [-0.4, -0.2) is 20.4 Å². The molecule has 0 radical (unpaired) electrons. The van der Waals surface area contributed by atoms with Crippen molar-refractivity contribution in [2.75, 3.05) is 4.72 Å². The van der Waals surface area contributed by atoms with E-state index in [4.69, 9.17) is 39.5 Å². The molecule has 0 unspecified atom stereocenters. The summed E-state index contributed by atoms with van der Waals surface area (Å²) in [6.45, 7) is 7.73. The summed E-state index contributed by atoms with van der Waals surface area (Å²) in [6, 6.07) is 12.5. The van der Waals surface area contributed by atoms with Crippen LogP contribution in [-0.2, 0) is 16.6 Å². The molecule has 1 amide bonds. The van der Waals surface area contributed by atoms with Gasteiger partial charge in [-0.3, -0.25) is 9.52 Å². The summed E-state index contributed by atoms with van der Waals surface area (Å²) in [6.07, 6.45) is -0.00711. The monoisotopic (exact) mass is 554 g/mol. The van der Waals surface area contributed by atoms with Crippen LogP contribution in [0.1, 0.15) is 40.9 Å². The number of sulfonamides is 1. The largest absolute Gasteiger partial charge is 0.491 e. The van der Waals surface area contributed by atoms with Gasteiger partial charge in [-0.05, 0) is 92.9 Å². The van der Waals surface area contributed by atoms with Gasteiger partial charge in [0, 0.05) is 17.3 Å². The van der Waals surface area contributed by atoms with Crippen LogP contribution in [0.2, 0.25) is 15.1 Å². The fraction of sp³-hybridized carbons (Fsp3) is 0.240. The Morgan fingerprint density at radius 3 is 2.17 bits per heavy atom. The van der Waals surface area contributed by atoms with Crippen molar-refractivity contribution >= 4 is 56.4 Å². The molecule has 3 aromatic rings. The number of hydrogen-bond acceptors (Lipinski definition) is 4. The molecule has 0 saturated heterocycles. The van der Waals surface area contributed by atoms with Crippen molar-refractivity contribution in [1.82, 2.24) is 5.32 Å². The van der Waals surface area contributed by atoms with Gasteiger partial charge in [0.25, 0.3) is 15.9 Å². The fourth-order valence-corrected chi connectivity index (χ4v) is 5.59. The third-order valence-corrected chi connectivity index (χ3v) is 7.53. The molecule has 0 aliphatic heterocycles. The maximum absolute atomic E-state index is 12.8. The van der Waals surface area contributed by atoms with Gasteiger partial charge in [0.15, 0.2) is 0 Å². The molecule has 0 bridgehead atoms. The molecule has 0 saturated carbocycles. The van der Waals surface area contributed by atoms with Crippen LogP contribution in [0.4, 0.5) is 5.69 Å². The highest BCUT2D eigenvalue weighted by atomic mass is 35.5. The average Bonchev–Trinajstić information content (AvgIpc) is 2.72. The number of ether oxygens (including phenoxy) is 1. The molecule has 3 rings (SSSR count). The number of hydrogen-bond donors (Lipinski definition) is 2. The molecule has 0 aromatic heterocycles. The topological polar surface area (TPSA) is 84.5 Å². The number of anilines is 1. The summed E-state index contributed by atoms with van der Waals surface area (Å²) in [5.74, 6) is 0.262. The maximum Gasteiger partial charge on any atom is 0.263 e. The van der Waals surface area contributed by atoms with E-state index >= 15 is 0 Å². The summed E-state index contributed by atoms with van der Waals surface area (Å²) in [7, 11) is -3.92. The molecule has 0 spiro atoms. The molecular weight excluding hydrogens is 531 g/mol. The van der Waals surface area contributed by atoms with E-state index in [9.17, 15) is 13.2 Å². The van der Waals surface area contributed by atoms with Crippen molar-refractivity contribution in [3.8, 4) is 5.75 Å². The minimum atomic E-state index is -3.92. The zero-order valence-corrected chi connectivity index (χ0v) is 22.7. The predicted molar refractivity (Wildman–Crippen MR) is 142 cm³/mol. The molecule has 0 aliphatic rings. The summed E-state index contributed by atoms with van der Waals surface area (Å²) in [5.41, 5.74) is 3.18. The summed E-state index contributed by atoms with van der Waals surface area (Å²) in [4.78, 5) is 12.6. The fourth-order valence-electron chi connectivity index (χ4n) is 3.52. The lowest BCUT2D eigenvalue weighted by atomic mass is 10.0. The lowest BCUT2D eigenvalue weighted by molar-refractivity contribution is 0.0951. The van der Waals surface area contributed by atoms with Crippen LogP contribution < -0.4 is 14.8 Å². The van der Waals surface area contributed by atoms with E-state index in [1.54, 1.807) is 30.3 Å². The highest BCUT2D eigenvalue weighted by Gasteiger charge is 2.19. The molecule has 0 aliphatic carbocycles. The van der Waals surface area contributed by atoms with E-state index in [2.05, 4.69) is 10.0 Å². The Balaban J connectivity index is 1.74. The van der Waals surface area contributed by atoms with Gasteiger partial charge in [-0.1, -0.05) is 34.8 Å². The first-order valence-electron chi connectivity index (χ1n) is 10.7. The van der Waals surface area contributed by atoms with E-state index < -0.39 is 10.0 Å². The Kier molecular flexibility index (Phi) is 8.59. The highest BCUT2D eigenvalue weighted by molar-refractivity contribution is 7.92. The number of amides is 1. The first kappa shape index (κ1) is 27.1. The molecule has 10 heteroatoms. The minimum Gasteiger partial charge on any atom is -0.491 e. The first-order valence-corrected chi connectivity index (χ1v) is 13.3. The van der Waals surface area contributed by atoms with Crippen molar-refractivity contribution in [1.29, 1.82) is 0 Å². The summed E-state index contributed by atoms with van der Waals surface area (Å²) < 4.78 is 33.8. The van der Waals surface area contributed by atoms with Gasteiger partial charge in [-0.2, -0.15) is 0 Å². The van der Waals surface area contributed by atoms with Gasteiger partial charge in [-0.25, -0.2) is 8.42 Å². The average molecular weight is 556 g/mol. The first-order chi connectivity index (χ1) is 16.4. The lowest BCUT2D eigenvalue weighted by Crippen LogP contribution is -2.24. The third kappa shape index (κ3) is 6.82. The van der Waals surface area contributed by atoms with Crippen molar-refractivity contribution < 1.29 is 17.9 Å². The van der Waals surface area contributed by atoms with Crippen molar-refractivity contribution in [3.05, 3.63) is 85.9 Å². The van der Waals surface area contributed by atoms with Gasteiger partial charge in [-0.15, -0.1) is 0 Å². The Morgan fingerprint density at radius 1 is 0.943 bits per heavy atom. The zero-order chi connectivity index (χ0) is 25.9. The molecule has 35 heavy (non-hydrogen) atoms. The maximum atomic E-state index is 12.8. The van der Waals surface area contributed by atoms with Gasteiger partial charge in [0.2, 0.25) is 0 Å². The molecule has 0 fully saturated rings. The van der Waals surface area contributed by atoms with Gasteiger partial charge in [0.05, 0.1) is 21.7 Å². The van der Waals surface area contributed by atoms with E-state index in [1.807, 2.05) is 27.7 Å². The second kappa shape index (κ2) is 11.1. The molecular formula is C25H25Cl3N2O4S. The van der Waals surface area contributed by atoms with Gasteiger partial charge in [0.1, 0.15) is 10.6 Å². The van der Waals surface area contributed by atoms with Gasteiger partial charge >= 0.3 is 0 Å². The van der Waals surface area contributed by atoms with Crippen LogP contribution in [0.25, 0.3) is 0 Å². The number of carbonyl (C=O) groups excluding carboxylic acids is 1. The minimum absolute atomic E-state index is 0.00711. The van der Waals surface area contributed by atoms with Crippen LogP contribution in [0.15, 0.2) is 53.4 Å². The normalized spacial score (nSPS) is 11.4. The second-order valence-electron chi connectivity index (χ2n) is 8.26. The van der Waals surface area contributed by atoms with E-state index in [0.29, 0.717) is 27.0 Å². The number of nitrogens with one attached hydrogen (secondary N) is 2. The SMILES string of the molecule is Cc1cc(NS(=O)(=O)c2ccc(Cl)cc2Cl)cc(C)c1CNC(=O)c1ccc(OC(C)C)cc1Cl. The Labute approximate surface area is 220 Å². The van der Waals surface area contributed by atoms with E-state index in [1.165, 1.54) is 18.2 Å². The summed E-state index contributed by atoms with van der Waals surface area (Å²) in [5, 5.41) is 3.53. The molecule has 0 atom stereocenters. The quantitative estimate of drug-likeness (QED) is 0.321. The van der Waals surface area contributed by atoms with Gasteiger partial charge < -0.3 is 10.1 Å². The standard InChI is InChI=1S/C25H25Cl3N2O4S/c1-14(2)34-19-6-7-20(22(27)12-19)25(31)29-13-21-15(3)9-18(10-16(21)4)30-35(32,33)24-8-5-17(26)11-23(24)28/h5-12,14,30H,13H2,1-4H3,(H,29,31). The van der Waals surface area contributed by atoms with E-state index in [0.717, 1.165) is 16.7 Å². The number of rotatable bonds is 8. The second-order valence-corrected chi connectivity index (χ2v) is 11.2. The molecule has 2 N–H and O–H groups in total. The van der Waals surface area contributed by atoms with Crippen LogP contribution in [0.3, 0.4) is 0 Å².